The average molecular weight is 220 g/mol. The summed E-state index contributed by atoms with van der Waals surface area (Å²) in [5.41, 5.74) is 0.370. The Morgan fingerprint density at radius 3 is 2.71 bits per heavy atom. The van der Waals surface area contributed by atoms with E-state index in [9.17, 15) is 8.42 Å². The van der Waals surface area contributed by atoms with Crippen molar-refractivity contribution in [3.8, 4) is 0 Å². The van der Waals surface area contributed by atoms with Crippen LogP contribution in [0.5, 0.6) is 0 Å². The lowest BCUT2D eigenvalue weighted by Gasteiger charge is -2.21. The molecule has 0 bridgehead atoms. The molecule has 1 N–H and O–H groups in total. The molecule has 0 aliphatic carbocycles. The van der Waals surface area contributed by atoms with Crippen molar-refractivity contribution in [3.63, 3.8) is 0 Å². The summed E-state index contributed by atoms with van der Waals surface area (Å²) in [5, 5.41) is 3.80. The van der Waals surface area contributed by atoms with E-state index in [0.29, 0.717) is 6.42 Å². The van der Waals surface area contributed by atoms with Gasteiger partial charge in [0, 0.05) is 6.42 Å². The first-order chi connectivity index (χ1) is 6.37. The number of oxime groups is 1. The molecule has 1 aliphatic rings. The van der Waals surface area contributed by atoms with Gasteiger partial charge in [0.15, 0.2) is 5.60 Å². The summed E-state index contributed by atoms with van der Waals surface area (Å²) in [7, 11) is -3.14. The van der Waals surface area contributed by atoms with Gasteiger partial charge < -0.3 is 4.84 Å². The molecule has 0 amide bonds. The maximum absolute atomic E-state index is 11.2. The van der Waals surface area contributed by atoms with Gasteiger partial charge in [-0.2, -0.15) is 0 Å². The molecule has 14 heavy (non-hydrogen) atoms. The molecule has 0 fully saturated rings. The lowest BCUT2D eigenvalue weighted by molar-refractivity contribution is 0.00147. The fourth-order valence-electron chi connectivity index (χ4n) is 1.25. The summed E-state index contributed by atoms with van der Waals surface area (Å²) < 4.78 is 24.8. The molecular formula is C8H16N2O3S. The van der Waals surface area contributed by atoms with Crippen LogP contribution in [-0.2, 0) is 14.9 Å². The van der Waals surface area contributed by atoms with Gasteiger partial charge in [0.1, 0.15) is 0 Å². The molecular weight excluding hydrogens is 204 g/mol. The number of nitrogens with one attached hydrogen (secondary N) is 1. The van der Waals surface area contributed by atoms with Crippen LogP contribution in [0.2, 0.25) is 0 Å². The van der Waals surface area contributed by atoms with Crippen molar-refractivity contribution in [1.29, 1.82) is 0 Å². The maximum Gasteiger partial charge on any atom is 0.211 e. The highest BCUT2D eigenvalue weighted by Gasteiger charge is 2.33. The Bertz CT molecular complexity index is 336. The van der Waals surface area contributed by atoms with Crippen molar-refractivity contribution >= 4 is 15.7 Å². The van der Waals surface area contributed by atoms with Crippen LogP contribution in [0.1, 0.15) is 27.2 Å². The lowest BCUT2D eigenvalue weighted by Crippen LogP contribution is -2.41. The van der Waals surface area contributed by atoms with Crippen molar-refractivity contribution in [2.24, 2.45) is 5.16 Å². The van der Waals surface area contributed by atoms with Crippen molar-refractivity contribution in [2.45, 2.75) is 32.8 Å². The molecule has 0 saturated heterocycles. The van der Waals surface area contributed by atoms with Gasteiger partial charge >= 0.3 is 0 Å². The highest BCUT2D eigenvalue weighted by Crippen LogP contribution is 2.22. The first-order valence-corrected chi connectivity index (χ1v) is 6.21. The van der Waals surface area contributed by atoms with E-state index in [1.54, 1.807) is 6.92 Å². The standard InChI is InChI=1S/C8H16N2O3S/c1-4-14(11,12)9-6-8(3)5-7(2)10-13-8/h9H,4-6H2,1-3H3/t8-/m0/s1. The first kappa shape index (κ1) is 11.5. The van der Waals surface area contributed by atoms with E-state index in [1.165, 1.54) is 0 Å². The number of rotatable bonds is 4. The summed E-state index contributed by atoms with van der Waals surface area (Å²) in [5.74, 6) is 0.0862. The quantitative estimate of drug-likeness (QED) is 0.749. The van der Waals surface area contributed by atoms with Gasteiger partial charge in [-0.25, -0.2) is 13.1 Å². The molecule has 0 radical (unpaired) electrons. The molecule has 1 rings (SSSR count). The fraction of sp³-hybridized carbons (Fsp3) is 0.875. The van der Waals surface area contributed by atoms with Gasteiger partial charge in [-0.05, 0) is 20.8 Å². The molecule has 5 nitrogen and oxygen atoms in total. The smallest absolute Gasteiger partial charge is 0.211 e. The summed E-state index contributed by atoms with van der Waals surface area (Å²) in [6, 6.07) is 0. The molecule has 0 aromatic heterocycles. The van der Waals surface area contributed by atoms with Crippen LogP contribution in [0.3, 0.4) is 0 Å². The SMILES string of the molecule is CCS(=O)(=O)NC[C@]1(C)CC(C)=NO1. The van der Waals surface area contributed by atoms with Crippen LogP contribution in [0.4, 0.5) is 0 Å². The van der Waals surface area contributed by atoms with E-state index in [-0.39, 0.29) is 12.3 Å². The molecule has 1 aliphatic heterocycles. The maximum atomic E-state index is 11.2. The predicted octanol–water partition coefficient (Wildman–Crippen LogP) is 0.481. The first-order valence-electron chi connectivity index (χ1n) is 4.56. The molecule has 0 aromatic carbocycles. The Labute approximate surface area is 84.6 Å². The van der Waals surface area contributed by atoms with Crippen LogP contribution in [0, 0.1) is 0 Å². The topological polar surface area (TPSA) is 67.8 Å². The largest absolute Gasteiger partial charge is 0.388 e. The number of hydrogen-bond donors (Lipinski definition) is 1. The molecule has 6 heteroatoms. The van der Waals surface area contributed by atoms with E-state index in [2.05, 4.69) is 9.88 Å². The highest BCUT2D eigenvalue weighted by atomic mass is 32.2. The zero-order valence-corrected chi connectivity index (χ0v) is 9.52. The summed E-state index contributed by atoms with van der Waals surface area (Å²) in [6.45, 7) is 5.57. The van der Waals surface area contributed by atoms with E-state index in [1.807, 2.05) is 13.8 Å². The predicted molar refractivity (Wildman–Crippen MR) is 54.7 cm³/mol. The summed E-state index contributed by atoms with van der Waals surface area (Å²) in [4.78, 5) is 5.15. The number of nitrogens with zero attached hydrogens (tertiary/aromatic N) is 1. The van der Waals surface area contributed by atoms with Gasteiger partial charge in [0.2, 0.25) is 10.0 Å². The number of sulfonamides is 1. The van der Waals surface area contributed by atoms with Crippen LogP contribution >= 0.6 is 0 Å². The third-order valence-electron chi connectivity index (χ3n) is 2.10. The Morgan fingerprint density at radius 1 is 1.64 bits per heavy atom. The van der Waals surface area contributed by atoms with Gasteiger partial charge in [0.05, 0.1) is 18.0 Å². The fourth-order valence-corrected chi connectivity index (χ4v) is 1.98. The van der Waals surface area contributed by atoms with Gasteiger partial charge in [-0.3, -0.25) is 0 Å². The lowest BCUT2D eigenvalue weighted by atomic mass is 10.0. The van der Waals surface area contributed by atoms with Crippen molar-refractivity contribution in [1.82, 2.24) is 4.72 Å². The number of hydrogen-bond acceptors (Lipinski definition) is 4. The molecule has 0 spiro atoms. The molecule has 0 saturated carbocycles. The van der Waals surface area contributed by atoms with Crippen molar-refractivity contribution in [2.75, 3.05) is 12.3 Å². The average Bonchev–Trinajstić information content (AvgIpc) is 2.45. The monoisotopic (exact) mass is 220 g/mol. The second kappa shape index (κ2) is 3.86. The highest BCUT2D eigenvalue weighted by molar-refractivity contribution is 7.89. The van der Waals surface area contributed by atoms with Crippen LogP contribution in [-0.4, -0.2) is 32.0 Å². The van der Waals surface area contributed by atoms with E-state index in [0.717, 1.165) is 5.71 Å². The Balaban J connectivity index is 2.47. The Kier molecular flexibility index (Phi) is 3.16. The third kappa shape index (κ3) is 2.95. The van der Waals surface area contributed by atoms with Gasteiger partial charge in [-0.15, -0.1) is 0 Å². The zero-order valence-electron chi connectivity index (χ0n) is 8.70. The molecule has 1 heterocycles. The van der Waals surface area contributed by atoms with Crippen LogP contribution in [0.15, 0.2) is 5.16 Å². The second-order valence-electron chi connectivity index (χ2n) is 3.77. The molecule has 1 atom stereocenters. The van der Waals surface area contributed by atoms with E-state index in [4.69, 9.17) is 4.84 Å². The summed E-state index contributed by atoms with van der Waals surface area (Å²) >= 11 is 0. The van der Waals surface area contributed by atoms with Gasteiger partial charge in [0.25, 0.3) is 0 Å². The van der Waals surface area contributed by atoms with Crippen LogP contribution < -0.4 is 4.72 Å². The third-order valence-corrected chi connectivity index (χ3v) is 3.44. The minimum absolute atomic E-state index is 0.0862. The van der Waals surface area contributed by atoms with Crippen molar-refractivity contribution in [3.05, 3.63) is 0 Å². The van der Waals surface area contributed by atoms with E-state index >= 15 is 0 Å². The van der Waals surface area contributed by atoms with Crippen LogP contribution in [0.25, 0.3) is 0 Å². The second-order valence-corrected chi connectivity index (χ2v) is 5.86. The Hall–Kier alpha value is -0.620. The normalized spacial score (nSPS) is 27.2. The molecule has 0 aromatic rings. The van der Waals surface area contributed by atoms with Gasteiger partial charge in [-0.1, -0.05) is 5.16 Å². The summed E-state index contributed by atoms with van der Waals surface area (Å²) in [6.07, 6.45) is 0.666. The minimum atomic E-state index is -3.14. The molecule has 82 valence electrons. The van der Waals surface area contributed by atoms with E-state index < -0.39 is 15.6 Å². The van der Waals surface area contributed by atoms with Crippen molar-refractivity contribution < 1.29 is 13.3 Å². The molecule has 0 unspecified atom stereocenters. The Morgan fingerprint density at radius 2 is 2.29 bits per heavy atom. The zero-order chi connectivity index (χ0) is 10.8. The minimum Gasteiger partial charge on any atom is -0.388 e.